The highest BCUT2D eigenvalue weighted by Gasteiger charge is 2.47. The summed E-state index contributed by atoms with van der Waals surface area (Å²) in [5.41, 5.74) is 3.35. The molecule has 0 radical (unpaired) electrons. The van der Waals surface area contributed by atoms with Gasteiger partial charge < -0.3 is 4.57 Å². The zero-order valence-electron chi connectivity index (χ0n) is 13.3. The first kappa shape index (κ1) is 14.0. The van der Waals surface area contributed by atoms with Crippen molar-refractivity contribution >= 4 is 0 Å². The van der Waals surface area contributed by atoms with Crippen LogP contribution in [0.25, 0.3) is 0 Å². The van der Waals surface area contributed by atoms with E-state index in [4.69, 9.17) is 0 Å². The fraction of sp³-hybridized carbons (Fsp3) is 0.500. The summed E-state index contributed by atoms with van der Waals surface area (Å²) in [5.74, 6) is 0. The highest BCUT2D eigenvalue weighted by molar-refractivity contribution is 5.12. The number of hydrogen-bond acceptors (Lipinski definition) is 3. The van der Waals surface area contributed by atoms with Gasteiger partial charge in [0.1, 0.15) is 0 Å². The maximum Gasteiger partial charge on any atom is 0.0387 e. The van der Waals surface area contributed by atoms with Gasteiger partial charge in [-0.05, 0) is 42.8 Å². The second kappa shape index (κ2) is 5.52. The molecule has 4 nitrogen and oxygen atoms in total. The monoisotopic (exact) mass is 296 g/mol. The molecule has 0 atom stereocenters. The van der Waals surface area contributed by atoms with Crippen molar-refractivity contribution in [1.29, 1.82) is 0 Å². The third kappa shape index (κ3) is 2.69. The van der Waals surface area contributed by atoms with Crippen LogP contribution in [0.2, 0.25) is 0 Å². The van der Waals surface area contributed by atoms with Crippen molar-refractivity contribution in [1.82, 2.24) is 19.4 Å². The first-order valence-corrected chi connectivity index (χ1v) is 8.16. The first-order chi connectivity index (χ1) is 10.7. The van der Waals surface area contributed by atoms with E-state index in [-0.39, 0.29) is 0 Å². The molecular formula is C18H24N4. The Hall–Kier alpha value is -1.65. The zero-order chi connectivity index (χ0) is 15.0. The van der Waals surface area contributed by atoms with E-state index in [1.165, 1.54) is 43.9 Å². The Kier molecular flexibility index (Phi) is 3.51. The normalized spacial score (nSPS) is 21.3. The quantitative estimate of drug-likeness (QED) is 0.864. The van der Waals surface area contributed by atoms with E-state index in [9.17, 15) is 0 Å². The summed E-state index contributed by atoms with van der Waals surface area (Å²) in [7, 11) is 2.14. The summed E-state index contributed by atoms with van der Waals surface area (Å²) in [6.45, 7) is 7.16. The van der Waals surface area contributed by atoms with Crippen molar-refractivity contribution in [2.45, 2.75) is 19.5 Å². The van der Waals surface area contributed by atoms with E-state index in [1.807, 2.05) is 12.4 Å². The van der Waals surface area contributed by atoms with E-state index in [0.717, 1.165) is 13.1 Å². The first-order valence-electron chi connectivity index (χ1n) is 8.16. The fourth-order valence-corrected chi connectivity index (χ4v) is 4.07. The summed E-state index contributed by atoms with van der Waals surface area (Å²) in [6.07, 6.45) is 7.27. The molecule has 0 saturated carbocycles. The van der Waals surface area contributed by atoms with E-state index in [1.54, 1.807) is 0 Å². The van der Waals surface area contributed by atoms with Crippen molar-refractivity contribution in [3.63, 3.8) is 0 Å². The lowest BCUT2D eigenvalue weighted by molar-refractivity contribution is 0.000224. The zero-order valence-corrected chi connectivity index (χ0v) is 13.3. The average Bonchev–Trinajstić information content (AvgIpc) is 3.07. The van der Waals surface area contributed by atoms with Crippen molar-refractivity contribution < 1.29 is 0 Å². The van der Waals surface area contributed by atoms with Gasteiger partial charge in [0.2, 0.25) is 0 Å². The molecule has 0 aliphatic carbocycles. The second-order valence-electron chi connectivity index (χ2n) is 7.07. The van der Waals surface area contributed by atoms with Gasteiger partial charge in [0, 0.05) is 69.5 Å². The molecule has 0 amide bonds. The maximum absolute atomic E-state index is 4.10. The minimum absolute atomic E-state index is 0.554. The topological polar surface area (TPSA) is 24.3 Å². The van der Waals surface area contributed by atoms with Crippen LogP contribution in [0.3, 0.4) is 0 Å². The predicted octanol–water partition coefficient (Wildman–Crippen LogP) is 2.13. The summed E-state index contributed by atoms with van der Waals surface area (Å²) < 4.78 is 2.23. The number of likely N-dealkylation sites (tertiary alicyclic amines) is 2. The number of pyridine rings is 1. The molecule has 1 spiro atoms. The third-order valence-corrected chi connectivity index (χ3v) is 5.23. The van der Waals surface area contributed by atoms with Crippen LogP contribution in [0.1, 0.15) is 17.7 Å². The molecule has 0 aromatic carbocycles. The molecule has 2 saturated heterocycles. The number of aromatic nitrogens is 2. The average molecular weight is 296 g/mol. The lowest BCUT2D eigenvalue weighted by Gasteiger charge is -2.48. The van der Waals surface area contributed by atoms with Crippen LogP contribution >= 0.6 is 0 Å². The second-order valence-corrected chi connectivity index (χ2v) is 7.07. The van der Waals surface area contributed by atoms with Gasteiger partial charge in [-0.15, -0.1) is 0 Å². The Morgan fingerprint density at radius 3 is 2.55 bits per heavy atom. The van der Waals surface area contributed by atoms with Gasteiger partial charge in [0.25, 0.3) is 0 Å². The largest absolute Gasteiger partial charge is 0.353 e. The Morgan fingerprint density at radius 1 is 1.05 bits per heavy atom. The van der Waals surface area contributed by atoms with E-state index >= 15 is 0 Å². The van der Waals surface area contributed by atoms with Crippen molar-refractivity contribution in [2.24, 2.45) is 12.5 Å². The molecule has 2 aliphatic rings. The lowest BCUT2D eigenvalue weighted by atomic mass is 9.79. The smallest absolute Gasteiger partial charge is 0.0387 e. The van der Waals surface area contributed by atoms with Crippen LogP contribution in [0.5, 0.6) is 0 Å². The molecule has 2 aromatic rings. The summed E-state index contributed by atoms with van der Waals surface area (Å²) >= 11 is 0. The Balaban J connectivity index is 1.30. The minimum atomic E-state index is 0.554. The molecule has 0 N–H and O–H groups in total. The molecule has 2 fully saturated rings. The van der Waals surface area contributed by atoms with Crippen LogP contribution in [0, 0.1) is 5.41 Å². The van der Waals surface area contributed by atoms with Gasteiger partial charge in [0.05, 0.1) is 0 Å². The van der Waals surface area contributed by atoms with Crippen molar-refractivity contribution in [3.05, 3.63) is 54.1 Å². The lowest BCUT2D eigenvalue weighted by Crippen LogP contribution is -2.56. The Labute approximate surface area is 132 Å². The van der Waals surface area contributed by atoms with Gasteiger partial charge in [0.15, 0.2) is 0 Å². The Bertz CT molecular complexity index is 628. The highest BCUT2D eigenvalue weighted by atomic mass is 15.3. The number of nitrogens with zero attached hydrogens (tertiary/aromatic N) is 4. The van der Waals surface area contributed by atoms with Crippen LogP contribution in [0.4, 0.5) is 0 Å². The molecule has 2 aromatic heterocycles. The number of rotatable bonds is 4. The van der Waals surface area contributed by atoms with Crippen molar-refractivity contribution in [3.8, 4) is 0 Å². The molecule has 4 rings (SSSR count). The van der Waals surface area contributed by atoms with E-state index in [0.29, 0.717) is 5.41 Å². The Morgan fingerprint density at radius 2 is 1.82 bits per heavy atom. The predicted molar refractivity (Wildman–Crippen MR) is 87.3 cm³/mol. The summed E-state index contributed by atoms with van der Waals surface area (Å²) in [5, 5.41) is 0. The SMILES string of the molecule is Cn1cccc1CN1CC2(CCN(Cc3ccncc3)C2)C1. The van der Waals surface area contributed by atoms with Crippen LogP contribution < -0.4 is 0 Å². The molecule has 0 bridgehead atoms. The number of aryl methyl sites for hydroxylation is 1. The number of hydrogen-bond donors (Lipinski definition) is 0. The molecule has 22 heavy (non-hydrogen) atoms. The molecule has 2 aliphatic heterocycles. The third-order valence-electron chi connectivity index (χ3n) is 5.23. The van der Waals surface area contributed by atoms with Gasteiger partial charge in [-0.25, -0.2) is 0 Å². The van der Waals surface area contributed by atoms with Gasteiger partial charge in [-0.1, -0.05) is 0 Å². The van der Waals surface area contributed by atoms with Gasteiger partial charge in [-0.3, -0.25) is 14.8 Å². The van der Waals surface area contributed by atoms with Crippen molar-refractivity contribution in [2.75, 3.05) is 26.2 Å². The van der Waals surface area contributed by atoms with Gasteiger partial charge in [-0.2, -0.15) is 0 Å². The fourth-order valence-electron chi connectivity index (χ4n) is 4.07. The van der Waals surface area contributed by atoms with Crippen LogP contribution in [-0.4, -0.2) is 45.5 Å². The molecular weight excluding hydrogens is 272 g/mol. The summed E-state index contributed by atoms with van der Waals surface area (Å²) in [6, 6.07) is 8.63. The van der Waals surface area contributed by atoms with Crippen LogP contribution in [-0.2, 0) is 20.1 Å². The van der Waals surface area contributed by atoms with E-state index < -0.39 is 0 Å². The van der Waals surface area contributed by atoms with E-state index in [2.05, 4.69) is 56.9 Å². The molecule has 116 valence electrons. The molecule has 4 heteroatoms. The summed E-state index contributed by atoms with van der Waals surface area (Å²) in [4.78, 5) is 9.30. The molecule has 0 unspecified atom stereocenters. The maximum atomic E-state index is 4.10. The molecule has 4 heterocycles. The highest BCUT2D eigenvalue weighted by Crippen LogP contribution is 2.40. The minimum Gasteiger partial charge on any atom is -0.353 e. The van der Waals surface area contributed by atoms with Crippen LogP contribution in [0.15, 0.2) is 42.9 Å². The van der Waals surface area contributed by atoms with Gasteiger partial charge >= 0.3 is 0 Å². The standard InChI is InChI=1S/C18H24N4/c1-20-9-2-3-17(20)12-22-14-18(15-22)6-10-21(13-18)11-16-4-7-19-8-5-16/h2-5,7-9H,6,10-15H2,1H3.